The Morgan fingerprint density at radius 1 is 1.03 bits per heavy atom. The number of nitrogens with one attached hydrogen (secondary N) is 2. The van der Waals surface area contributed by atoms with E-state index in [2.05, 4.69) is 10.6 Å². The molecule has 2 N–H and O–H groups in total. The number of benzene rings is 2. The van der Waals surface area contributed by atoms with Crippen molar-refractivity contribution in [2.45, 2.75) is 32.9 Å². The Labute approximate surface area is 186 Å². The van der Waals surface area contributed by atoms with Gasteiger partial charge in [0.1, 0.15) is 12.4 Å². The second-order valence-corrected chi connectivity index (χ2v) is 7.24. The third-order valence-corrected chi connectivity index (χ3v) is 4.81. The van der Waals surface area contributed by atoms with Crippen LogP contribution in [0.3, 0.4) is 0 Å². The summed E-state index contributed by atoms with van der Waals surface area (Å²) < 4.78 is 16.2. The quantitative estimate of drug-likeness (QED) is 0.614. The van der Waals surface area contributed by atoms with Crippen molar-refractivity contribution in [1.29, 1.82) is 0 Å². The topological polar surface area (TPSA) is 103 Å². The molecule has 0 saturated heterocycles. The molecule has 2 aromatic carbocycles. The van der Waals surface area contributed by atoms with E-state index < -0.39 is 30.1 Å². The van der Waals surface area contributed by atoms with Gasteiger partial charge in [-0.1, -0.05) is 48.0 Å². The maximum absolute atomic E-state index is 12.7. The van der Waals surface area contributed by atoms with Gasteiger partial charge in [-0.15, -0.1) is 0 Å². The molecular weight excluding hydrogens is 412 g/mol. The van der Waals surface area contributed by atoms with Crippen LogP contribution in [0.2, 0.25) is 0 Å². The first-order valence-corrected chi connectivity index (χ1v) is 10.3. The zero-order valence-electron chi connectivity index (χ0n) is 18.2. The Bertz CT molecular complexity index is 1000. The van der Waals surface area contributed by atoms with Gasteiger partial charge in [0.15, 0.2) is 6.10 Å². The molecular formula is C24H26N2O6. The highest BCUT2D eigenvalue weighted by Crippen LogP contribution is 2.28. The van der Waals surface area contributed by atoms with Crippen LogP contribution in [0.1, 0.15) is 31.0 Å². The number of carbonyl (C=O) groups is 3. The van der Waals surface area contributed by atoms with Crippen molar-refractivity contribution in [3.63, 3.8) is 0 Å². The molecule has 2 unspecified atom stereocenters. The van der Waals surface area contributed by atoms with E-state index >= 15 is 0 Å². The molecule has 2 aromatic rings. The summed E-state index contributed by atoms with van der Waals surface area (Å²) in [6.07, 6.45) is -0.883. The van der Waals surface area contributed by atoms with E-state index in [-0.39, 0.29) is 24.5 Å². The Hall–Kier alpha value is -3.81. The number of hydrogen-bond donors (Lipinski definition) is 2. The van der Waals surface area contributed by atoms with Crippen molar-refractivity contribution in [2.24, 2.45) is 0 Å². The Morgan fingerprint density at radius 2 is 1.72 bits per heavy atom. The van der Waals surface area contributed by atoms with E-state index in [4.69, 9.17) is 14.2 Å². The van der Waals surface area contributed by atoms with Crippen LogP contribution in [-0.4, -0.2) is 37.3 Å². The van der Waals surface area contributed by atoms with Crippen molar-refractivity contribution < 1.29 is 28.6 Å². The van der Waals surface area contributed by atoms with Crippen LogP contribution in [-0.2, 0) is 19.1 Å². The van der Waals surface area contributed by atoms with Crippen LogP contribution in [0.25, 0.3) is 0 Å². The summed E-state index contributed by atoms with van der Waals surface area (Å²) in [6, 6.07) is 15.0. The Balaban J connectivity index is 1.78. The number of ether oxygens (including phenoxy) is 3. The number of hydrogen-bond acceptors (Lipinski definition) is 6. The lowest BCUT2D eigenvalue weighted by Gasteiger charge is -2.29. The Morgan fingerprint density at radius 3 is 2.38 bits per heavy atom. The summed E-state index contributed by atoms with van der Waals surface area (Å²) in [5.41, 5.74) is 2.11. The van der Waals surface area contributed by atoms with E-state index in [0.717, 1.165) is 5.56 Å². The minimum absolute atomic E-state index is 0.159. The molecule has 0 aromatic heterocycles. The third kappa shape index (κ3) is 5.66. The van der Waals surface area contributed by atoms with Crippen LogP contribution < -0.4 is 15.4 Å². The first kappa shape index (κ1) is 22.9. The van der Waals surface area contributed by atoms with E-state index in [1.54, 1.807) is 50.2 Å². The fourth-order valence-electron chi connectivity index (χ4n) is 3.21. The van der Waals surface area contributed by atoms with Gasteiger partial charge in [-0.25, -0.2) is 14.4 Å². The number of aryl methyl sites for hydroxylation is 1. The van der Waals surface area contributed by atoms with Crippen LogP contribution >= 0.6 is 0 Å². The van der Waals surface area contributed by atoms with Crippen molar-refractivity contribution in [3.8, 4) is 5.75 Å². The Kier molecular flexibility index (Phi) is 7.49. The van der Waals surface area contributed by atoms with Crippen LogP contribution in [0, 0.1) is 6.92 Å². The molecule has 8 nitrogen and oxygen atoms in total. The lowest BCUT2D eigenvalue weighted by atomic mass is 9.95. The number of carbonyl (C=O) groups excluding carboxylic acids is 3. The number of urea groups is 1. The summed E-state index contributed by atoms with van der Waals surface area (Å²) >= 11 is 0. The molecule has 0 radical (unpaired) electrons. The molecule has 8 heteroatoms. The van der Waals surface area contributed by atoms with Crippen LogP contribution in [0.4, 0.5) is 4.79 Å². The monoisotopic (exact) mass is 438 g/mol. The average Bonchev–Trinajstić information content (AvgIpc) is 2.79. The van der Waals surface area contributed by atoms with Crippen molar-refractivity contribution in [3.05, 3.63) is 77.0 Å². The molecule has 2 atom stereocenters. The molecule has 32 heavy (non-hydrogen) atoms. The largest absolute Gasteiger partial charge is 0.479 e. The lowest BCUT2D eigenvalue weighted by Crippen LogP contribution is -2.47. The molecule has 168 valence electrons. The molecule has 0 spiro atoms. The van der Waals surface area contributed by atoms with Gasteiger partial charge < -0.3 is 24.8 Å². The smallest absolute Gasteiger partial charge is 0.347 e. The second kappa shape index (κ2) is 10.5. The van der Waals surface area contributed by atoms with Gasteiger partial charge >= 0.3 is 18.0 Å². The SMILES string of the molecule is CCOC(=O)C1=C(COC(=O)C(C)Oc2ccc(C)cc2)NC(=O)NC1c1ccccc1. The molecule has 0 fully saturated rings. The molecule has 3 rings (SSSR count). The van der Waals surface area contributed by atoms with Gasteiger partial charge in [0.25, 0.3) is 0 Å². The van der Waals surface area contributed by atoms with Gasteiger partial charge in [0, 0.05) is 0 Å². The minimum atomic E-state index is -0.883. The van der Waals surface area contributed by atoms with E-state index in [1.807, 2.05) is 25.1 Å². The number of amides is 2. The van der Waals surface area contributed by atoms with Crippen molar-refractivity contribution in [2.75, 3.05) is 13.2 Å². The van der Waals surface area contributed by atoms with Crippen LogP contribution in [0.15, 0.2) is 65.9 Å². The maximum atomic E-state index is 12.7. The van der Waals surface area contributed by atoms with E-state index in [1.165, 1.54) is 0 Å². The summed E-state index contributed by atoms with van der Waals surface area (Å²) in [4.78, 5) is 37.4. The van der Waals surface area contributed by atoms with Gasteiger partial charge in [0.2, 0.25) is 0 Å². The van der Waals surface area contributed by atoms with E-state index in [0.29, 0.717) is 11.3 Å². The molecule has 2 amide bonds. The number of esters is 2. The molecule has 0 aliphatic carbocycles. The fraction of sp³-hybridized carbons (Fsp3) is 0.292. The van der Waals surface area contributed by atoms with E-state index in [9.17, 15) is 14.4 Å². The summed E-state index contributed by atoms with van der Waals surface area (Å²) in [6.45, 7) is 5.05. The predicted octanol–water partition coefficient (Wildman–Crippen LogP) is 3.18. The maximum Gasteiger partial charge on any atom is 0.347 e. The zero-order valence-corrected chi connectivity index (χ0v) is 18.2. The molecule has 1 aliphatic heterocycles. The minimum Gasteiger partial charge on any atom is -0.479 e. The summed E-state index contributed by atoms with van der Waals surface area (Å²) in [5.74, 6) is -0.708. The van der Waals surface area contributed by atoms with Crippen molar-refractivity contribution >= 4 is 18.0 Å². The molecule has 1 aliphatic rings. The average molecular weight is 438 g/mol. The fourth-order valence-corrected chi connectivity index (χ4v) is 3.21. The van der Waals surface area contributed by atoms with Gasteiger partial charge in [-0.05, 0) is 38.5 Å². The molecule has 1 heterocycles. The van der Waals surface area contributed by atoms with Gasteiger partial charge in [0.05, 0.1) is 23.9 Å². The van der Waals surface area contributed by atoms with Crippen LogP contribution in [0.5, 0.6) is 5.75 Å². The lowest BCUT2D eigenvalue weighted by molar-refractivity contribution is -0.150. The summed E-state index contributed by atoms with van der Waals surface area (Å²) in [5, 5.41) is 5.29. The zero-order chi connectivity index (χ0) is 23.1. The van der Waals surface area contributed by atoms with Gasteiger partial charge in [-0.3, -0.25) is 0 Å². The second-order valence-electron chi connectivity index (χ2n) is 7.24. The van der Waals surface area contributed by atoms with Gasteiger partial charge in [-0.2, -0.15) is 0 Å². The van der Waals surface area contributed by atoms with Crippen molar-refractivity contribution in [1.82, 2.24) is 10.6 Å². The first-order chi connectivity index (χ1) is 15.4. The summed E-state index contributed by atoms with van der Waals surface area (Å²) in [7, 11) is 0. The highest BCUT2D eigenvalue weighted by Gasteiger charge is 2.34. The standard InChI is InChI=1S/C24H26N2O6/c1-4-30-23(28)20-19(25-24(29)26-21(20)17-8-6-5-7-9-17)14-31-22(27)16(3)32-18-12-10-15(2)11-13-18/h5-13,16,21H,4,14H2,1-3H3,(H2,25,26,29). The molecule has 0 saturated carbocycles. The third-order valence-electron chi connectivity index (χ3n) is 4.81. The molecule has 0 bridgehead atoms. The highest BCUT2D eigenvalue weighted by atomic mass is 16.6. The predicted molar refractivity (Wildman–Crippen MR) is 117 cm³/mol. The first-order valence-electron chi connectivity index (χ1n) is 10.3. The highest BCUT2D eigenvalue weighted by molar-refractivity contribution is 5.95. The normalized spacial score (nSPS) is 16.5. The number of rotatable bonds is 8.